The van der Waals surface area contributed by atoms with E-state index in [2.05, 4.69) is 31.0 Å². The monoisotopic (exact) mass is 401 g/mol. The predicted octanol–water partition coefficient (Wildman–Crippen LogP) is 3.75. The highest BCUT2D eigenvalue weighted by Crippen LogP contribution is 2.27. The van der Waals surface area contributed by atoms with Crippen molar-refractivity contribution in [2.75, 3.05) is 13.1 Å². The first-order chi connectivity index (χ1) is 11.0. The van der Waals surface area contributed by atoms with Crippen LogP contribution in [0.5, 0.6) is 0 Å². The molecule has 0 bridgehead atoms. The van der Waals surface area contributed by atoms with Crippen molar-refractivity contribution in [3.05, 3.63) is 52.0 Å². The molecule has 1 aliphatic rings. The number of nitrogens with two attached hydrogens (primary N) is 1. The number of nitrogens with zero attached hydrogens (tertiary/aromatic N) is 2. The number of aromatic nitrogens is 1. The number of amides is 1. The zero-order valence-corrected chi connectivity index (χ0v) is 16.9. The highest BCUT2D eigenvalue weighted by Gasteiger charge is 2.34. The van der Waals surface area contributed by atoms with E-state index in [0.717, 1.165) is 11.4 Å². The number of rotatable bonds is 4. The Bertz CT molecular complexity index is 678. The minimum atomic E-state index is -0.0184. The van der Waals surface area contributed by atoms with Gasteiger partial charge in [0.05, 0.1) is 5.01 Å². The smallest absolute Gasteiger partial charge is 0.273 e. The fourth-order valence-corrected chi connectivity index (χ4v) is 4.04. The van der Waals surface area contributed by atoms with Crippen LogP contribution >= 0.6 is 36.2 Å². The molecule has 0 spiro atoms. The van der Waals surface area contributed by atoms with Crippen LogP contribution in [0.15, 0.2) is 35.7 Å². The molecule has 1 saturated heterocycles. The summed E-state index contributed by atoms with van der Waals surface area (Å²) in [7, 11) is 0. The van der Waals surface area contributed by atoms with E-state index in [9.17, 15) is 4.79 Å². The molecule has 25 heavy (non-hydrogen) atoms. The number of thiazole rings is 1. The van der Waals surface area contributed by atoms with Gasteiger partial charge in [0.1, 0.15) is 5.69 Å². The first kappa shape index (κ1) is 21.9. The lowest BCUT2D eigenvalue weighted by atomic mass is 9.95. The third kappa shape index (κ3) is 5.17. The molecular formula is C18H25Cl2N3OS. The number of hydrogen-bond donors (Lipinski definition) is 1. The fraction of sp³-hybridized carbons (Fsp3) is 0.444. The van der Waals surface area contributed by atoms with Gasteiger partial charge in [-0.25, -0.2) is 4.98 Å². The molecule has 1 fully saturated rings. The summed E-state index contributed by atoms with van der Waals surface area (Å²) in [6.45, 7) is 5.58. The summed E-state index contributed by atoms with van der Waals surface area (Å²) in [6, 6.07) is 10.2. The van der Waals surface area contributed by atoms with Crippen LogP contribution in [-0.4, -0.2) is 34.9 Å². The molecule has 2 heterocycles. The SMILES string of the molecule is CC(C)Cc1nc(C(=O)N2C[C@@H](N)[C@H](c3ccccc3)C2)cs1.Cl.Cl. The lowest BCUT2D eigenvalue weighted by molar-refractivity contribution is 0.0784. The number of benzene rings is 1. The Labute approximate surface area is 165 Å². The van der Waals surface area contributed by atoms with Crippen LogP contribution in [-0.2, 0) is 6.42 Å². The maximum absolute atomic E-state index is 12.7. The van der Waals surface area contributed by atoms with Gasteiger partial charge in [-0.2, -0.15) is 0 Å². The summed E-state index contributed by atoms with van der Waals surface area (Å²) in [6.07, 6.45) is 0.921. The molecule has 1 amide bonds. The molecular weight excluding hydrogens is 377 g/mol. The summed E-state index contributed by atoms with van der Waals surface area (Å²) >= 11 is 1.57. The lowest BCUT2D eigenvalue weighted by Crippen LogP contribution is -2.32. The lowest BCUT2D eigenvalue weighted by Gasteiger charge is -2.15. The van der Waals surface area contributed by atoms with E-state index < -0.39 is 0 Å². The Hall–Kier alpha value is -1.14. The molecule has 2 aromatic rings. The van der Waals surface area contributed by atoms with Crippen molar-refractivity contribution in [1.29, 1.82) is 0 Å². The predicted molar refractivity (Wildman–Crippen MR) is 108 cm³/mol. The van der Waals surface area contributed by atoms with Crippen molar-refractivity contribution in [2.45, 2.75) is 32.2 Å². The maximum Gasteiger partial charge on any atom is 0.273 e. The first-order valence-corrected chi connectivity index (χ1v) is 8.96. The van der Waals surface area contributed by atoms with Crippen LogP contribution in [0.1, 0.15) is 40.8 Å². The van der Waals surface area contributed by atoms with Gasteiger partial charge in [0, 0.05) is 36.9 Å². The van der Waals surface area contributed by atoms with Crippen LogP contribution < -0.4 is 5.73 Å². The van der Waals surface area contributed by atoms with Crippen molar-refractivity contribution in [3.8, 4) is 0 Å². The second kappa shape index (κ2) is 9.53. The van der Waals surface area contributed by atoms with Crippen molar-refractivity contribution in [3.63, 3.8) is 0 Å². The molecule has 138 valence electrons. The van der Waals surface area contributed by atoms with Crippen LogP contribution in [0.25, 0.3) is 0 Å². The molecule has 3 rings (SSSR count). The topological polar surface area (TPSA) is 59.2 Å². The van der Waals surface area contributed by atoms with Crippen molar-refractivity contribution >= 4 is 42.1 Å². The van der Waals surface area contributed by atoms with Gasteiger partial charge in [-0.1, -0.05) is 44.2 Å². The van der Waals surface area contributed by atoms with Crippen LogP contribution in [0.3, 0.4) is 0 Å². The van der Waals surface area contributed by atoms with E-state index in [1.165, 1.54) is 5.56 Å². The second-order valence-electron chi connectivity index (χ2n) is 6.62. The third-order valence-electron chi connectivity index (χ3n) is 4.23. The Morgan fingerprint density at radius 2 is 1.96 bits per heavy atom. The molecule has 7 heteroatoms. The maximum atomic E-state index is 12.7. The zero-order chi connectivity index (χ0) is 16.4. The van der Waals surface area contributed by atoms with Crippen molar-refractivity contribution in [1.82, 2.24) is 9.88 Å². The highest BCUT2D eigenvalue weighted by molar-refractivity contribution is 7.09. The minimum Gasteiger partial charge on any atom is -0.335 e. The van der Waals surface area contributed by atoms with E-state index in [-0.39, 0.29) is 42.7 Å². The van der Waals surface area contributed by atoms with Gasteiger partial charge in [-0.15, -0.1) is 36.2 Å². The Balaban J connectivity index is 0.00000156. The van der Waals surface area contributed by atoms with E-state index in [1.54, 1.807) is 11.3 Å². The number of halogens is 2. The summed E-state index contributed by atoms with van der Waals surface area (Å²) in [5.41, 5.74) is 8.04. The molecule has 0 radical (unpaired) electrons. The molecule has 4 nitrogen and oxygen atoms in total. The largest absolute Gasteiger partial charge is 0.335 e. The standard InChI is InChI=1S/C18H23N3OS.2ClH/c1-12(2)8-17-20-16(11-23-17)18(22)21-9-14(15(19)10-21)13-6-4-3-5-7-13;;/h3-7,11-12,14-15H,8-10,19H2,1-2H3;2*1H/t14-,15+;;/m0../s1. The number of carbonyl (C=O) groups excluding carboxylic acids is 1. The van der Waals surface area contributed by atoms with Crippen LogP contribution in [0, 0.1) is 5.92 Å². The molecule has 1 aromatic heterocycles. The van der Waals surface area contributed by atoms with Gasteiger partial charge < -0.3 is 10.6 Å². The second-order valence-corrected chi connectivity index (χ2v) is 7.56. The molecule has 0 aliphatic carbocycles. The summed E-state index contributed by atoms with van der Waals surface area (Å²) in [4.78, 5) is 19.0. The van der Waals surface area contributed by atoms with Crippen LogP contribution in [0.2, 0.25) is 0 Å². The Morgan fingerprint density at radius 1 is 1.28 bits per heavy atom. The quantitative estimate of drug-likeness (QED) is 0.848. The summed E-state index contributed by atoms with van der Waals surface area (Å²) < 4.78 is 0. The molecule has 1 aromatic carbocycles. The number of likely N-dealkylation sites (tertiary alicyclic amines) is 1. The summed E-state index contributed by atoms with van der Waals surface area (Å²) in [5.74, 6) is 0.755. The van der Waals surface area contributed by atoms with Gasteiger partial charge in [0.15, 0.2) is 0 Å². The van der Waals surface area contributed by atoms with E-state index in [1.807, 2.05) is 28.5 Å². The normalized spacial score (nSPS) is 19.4. The molecule has 0 saturated carbocycles. The minimum absolute atomic E-state index is 0. The average molecular weight is 402 g/mol. The highest BCUT2D eigenvalue weighted by atomic mass is 35.5. The van der Waals surface area contributed by atoms with E-state index >= 15 is 0 Å². The number of hydrogen-bond acceptors (Lipinski definition) is 4. The fourth-order valence-electron chi connectivity index (χ4n) is 3.06. The number of carbonyl (C=O) groups is 1. The third-order valence-corrected chi connectivity index (χ3v) is 5.10. The summed E-state index contributed by atoms with van der Waals surface area (Å²) in [5, 5.41) is 2.91. The zero-order valence-electron chi connectivity index (χ0n) is 14.4. The van der Waals surface area contributed by atoms with E-state index in [0.29, 0.717) is 24.7 Å². The van der Waals surface area contributed by atoms with Gasteiger partial charge in [-0.05, 0) is 11.5 Å². The Morgan fingerprint density at radius 3 is 2.60 bits per heavy atom. The molecule has 1 aliphatic heterocycles. The average Bonchev–Trinajstić information content (AvgIpc) is 3.14. The molecule has 2 N–H and O–H groups in total. The molecule has 0 unspecified atom stereocenters. The molecule has 2 atom stereocenters. The van der Waals surface area contributed by atoms with Gasteiger partial charge in [0.2, 0.25) is 0 Å². The van der Waals surface area contributed by atoms with Crippen LogP contribution in [0.4, 0.5) is 0 Å². The van der Waals surface area contributed by atoms with Crippen molar-refractivity contribution < 1.29 is 4.79 Å². The van der Waals surface area contributed by atoms with Gasteiger partial charge in [-0.3, -0.25) is 4.79 Å². The van der Waals surface area contributed by atoms with Gasteiger partial charge >= 0.3 is 0 Å². The van der Waals surface area contributed by atoms with Gasteiger partial charge in [0.25, 0.3) is 5.91 Å². The van der Waals surface area contributed by atoms with E-state index in [4.69, 9.17) is 5.73 Å². The van der Waals surface area contributed by atoms with Crippen molar-refractivity contribution in [2.24, 2.45) is 11.7 Å². The first-order valence-electron chi connectivity index (χ1n) is 8.08. The Kier molecular flexibility index (Phi) is 8.35.